The molecule has 0 saturated carbocycles. The Bertz CT molecular complexity index is 294. The van der Waals surface area contributed by atoms with Crippen molar-refractivity contribution in [1.82, 2.24) is 10.3 Å². The van der Waals surface area contributed by atoms with E-state index in [-0.39, 0.29) is 0 Å². The van der Waals surface area contributed by atoms with Crippen molar-refractivity contribution >= 4 is 11.3 Å². The molecule has 0 bridgehead atoms. The number of hydrogen-bond acceptors (Lipinski definition) is 3. The molecule has 1 aromatic heterocycles. The number of rotatable bonds is 7. The number of aryl methyl sites for hydroxylation is 2. The molecule has 1 N–H and O–H groups in total. The summed E-state index contributed by atoms with van der Waals surface area (Å²) in [5, 5.41) is 6.93. The van der Waals surface area contributed by atoms with Gasteiger partial charge < -0.3 is 5.32 Å². The number of aromatic nitrogens is 1. The maximum Gasteiger partial charge on any atom is 0.0897 e. The lowest BCUT2D eigenvalue weighted by Gasteiger charge is -2.19. The largest absolute Gasteiger partial charge is 0.314 e. The summed E-state index contributed by atoms with van der Waals surface area (Å²) in [5.41, 5.74) is 1.26. The molecular weight excluding hydrogens is 216 g/mol. The summed E-state index contributed by atoms with van der Waals surface area (Å²) in [6.45, 7) is 9.90. The summed E-state index contributed by atoms with van der Waals surface area (Å²) in [5.74, 6) is 0.765. The van der Waals surface area contributed by atoms with Gasteiger partial charge in [0.15, 0.2) is 0 Å². The van der Waals surface area contributed by atoms with Gasteiger partial charge in [0.25, 0.3) is 0 Å². The molecule has 2 nitrogen and oxygen atoms in total. The molecule has 0 radical (unpaired) electrons. The Morgan fingerprint density at radius 2 is 2.19 bits per heavy atom. The van der Waals surface area contributed by atoms with Crippen LogP contribution in [0.1, 0.15) is 44.3 Å². The number of thiazole rings is 1. The fourth-order valence-electron chi connectivity index (χ4n) is 2.01. The zero-order valence-electron chi connectivity index (χ0n) is 10.9. The maximum absolute atomic E-state index is 4.51. The SMILES string of the molecule is CCNC(CCc1csc(C)n1)CC(C)C. The third kappa shape index (κ3) is 5.08. The molecule has 0 aromatic carbocycles. The molecule has 0 aliphatic carbocycles. The molecule has 0 amide bonds. The van der Waals surface area contributed by atoms with E-state index in [1.165, 1.54) is 23.5 Å². The van der Waals surface area contributed by atoms with E-state index in [4.69, 9.17) is 0 Å². The molecule has 1 heterocycles. The van der Waals surface area contributed by atoms with Crippen LogP contribution < -0.4 is 5.32 Å². The minimum atomic E-state index is 0.645. The summed E-state index contributed by atoms with van der Waals surface area (Å²) in [6.07, 6.45) is 3.57. The molecule has 92 valence electrons. The molecule has 0 saturated heterocycles. The van der Waals surface area contributed by atoms with E-state index in [9.17, 15) is 0 Å². The van der Waals surface area contributed by atoms with Crippen LogP contribution in [0, 0.1) is 12.8 Å². The minimum Gasteiger partial charge on any atom is -0.314 e. The first-order chi connectivity index (χ1) is 7.61. The van der Waals surface area contributed by atoms with E-state index in [0.717, 1.165) is 18.9 Å². The van der Waals surface area contributed by atoms with Gasteiger partial charge in [0, 0.05) is 11.4 Å². The molecule has 1 unspecified atom stereocenters. The lowest BCUT2D eigenvalue weighted by atomic mass is 9.99. The van der Waals surface area contributed by atoms with Gasteiger partial charge >= 0.3 is 0 Å². The molecule has 0 aliphatic rings. The van der Waals surface area contributed by atoms with Crippen molar-refractivity contribution in [3.63, 3.8) is 0 Å². The fraction of sp³-hybridized carbons (Fsp3) is 0.769. The van der Waals surface area contributed by atoms with Gasteiger partial charge in [-0.25, -0.2) is 4.98 Å². The topological polar surface area (TPSA) is 24.9 Å². The van der Waals surface area contributed by atoms with E-state index in [1.54, 1.807) is 11.3 Å². The van der Waals surface area contributed by atoms with Crippen LogP contribution >= 0.6 is 11.3 Å². The molecule has 0 aliphatic heterocycles. The van der Waals surface area contributed by atoms with Crippen LogP contribution in [0.5, 0.6) is 0 Å². The highest BCUT2D eigenvalue weighted by atomic mass is 32.1. The highest BCUT2D eigenvalue weighted by Crippen LogP contribution is 2.14. The van der Waals surface area contributed by atoms with Gasteiger partial charge in [0.05, 0.1) is 10.7 Å². The Morgan fingerprint density at radius 3 is 2.69 bits per heavy atom. The first-order valence-corrected chi connectivity index (χ1v) is 7.14. The molecule has 0 spiro atoms. The normalized spacial score (nSPS) is 13.3. The molecule has 3 heteroatoms. The van der Waals surface area contributed by atoms with E-state index in [2.05, 4.69) is 43.4 Å². The van der Waals surface area contributed by atoms with Gasteiger partial charge in [-0.2, -0.15) is 0 Å². The quantitative estimate of drug-likeness (QED) is 0.790. The highest BCUT2D eigenvalue weighted by molar-refractivity contribution is 7.09. The maximum atomic E-state index is 4.51. The zero-order chi connectivity index (χ0) is 12.0. The lowest BCUT2D eigenvalue weighted by Crippen LogP contribution is -2.30. The second-order valence-corrected chi connectivity index (χ2v) is 5.84. The molecule has 1 atom stereocenters. The Labute approximate surface area is 103 Å². The Balaban J connectivity index is 2.36. The van der Waals surface area contributed by atoms with Crippen molar-refractivity contribution in [2.75, 3.05) is 6.54 Å². The van der Waals surface area contributed by atoms with Gasteiger partial charge in [-0.3, -0.25) is 0 Å². The second-order valence-electron chi connectivity index (χ2n) is 4.78. The first-order valence-electron chi connectivity index (χ1n) is 6.26. The molecule has 0 fully saturated rings. The standard InChI is InChI=1S/C13H24N2S/c1-5-14-12(8-10(2)3)6-7-13-9-16-11(4)15-13/h9-10,12,14H,5-8H2,1-4H3. The number of nitrogens with zero attached hydrogens (tertiary/aromatic N) is 1. The van der Waals surface area contributed by atoms with E-state index < -0.39 is 0 Å². The van der Waals surface area contributed by atoms with Crippen molar-refractivity contribution in [3.8, 4) is 0 Å². The van der Waals surface area contributed by atoms with Gasteiger partial charge in [0.1, 0.15) is 0 Å². The zero-order valence-corrected chi connectivity index (χ0v) is 11.7. The predicted molar refractivity (Wildman–Crippen MR) is 72.1 cm³/mol. The van der Waals surface area contributed by atoms with E-state index >= 15 is 0 Å². The summed E-state index contributed by atoms with van der Waals surface area (Å²) < 4.78 is 0. The van der Waals surface area contributed by atoms with Gasteiger partial charge in [-0.1, -0.05) is 20.8 Å². The third-order valence-electron chi connectivity index (χ3n) is 2.66. The van der Waals surface area contributed by atoms with Crippen molar-refractivity contribution < 1.29 is 0 Å². The predicted octanol–water partition coefficient (Wildman–Crippen LogP) is 3.41. The first kappa shape index (κ1) is 13.7. The van der Waals surface area contributed by atoms with Crippen LogP contribution in [-0.4, -0.2) is 17.6 Å². The third-order valence-corrected chi connectivity index (χ3v) is 3.49. The fourth-order valence-corrected chi connectivity index (χ4v) is 2.65. The van der Waals surface area contributed by atoms with Gasteiger partial charge in [-0.15, -0.1) is 11.3 Å². The van der Waals surface area contributed by atoms with Crippen LogP contribution in [0.15, 0.2) is 5.38 Å². The molecule has 1 aromatic rings. The van der Waals surface area contributed by atoms with Crippen LogP contribution in [0.4, 0.5) is 0 Å². The number of nitrogens with one attached hydrogen (secondary N) is 1. The van der Waals surface area contributed by atoms with Gasteiger partial charge in [-0.05, 0) is 38.6 Å². The second kappa shape index (κ2) is 7.02. The van der Waals surface area contributed by atoms with Crippen molar-refractivity contribution in [2.45, 2.75) is 53.0 Å². The highest BCUT2D eigenvalue weighted by Gasteiger charge is 2.10. The average Bonchev–Trinajstić information content (AvgIpc) is 2.60. The molecule has 1 rings (SSSR count). The monoisotopic (exact) mass is 240 g/mol. The molecule has 16 heavy (non-hydrogen) atoms. The van der Waals surface area contributed by atoms with Crippen molar-refractivity contribution in [3.05, 3.63) is 16.1 Å². The summed E-state index contributed by atoms with van der Waals surface area (Å²) >= 11 is 1.75. The minimum absolute atomic E-state index is 0.645. The Hall–Kier alpha value is -0.410. The Kier molecular flexibility index (Phi) is 5.99. The smallest absolute Gasteiger partial charge is 0.0897 e. The summed E-state index contributed by atoms with van der Waals surface area (Å²) in [6, 6.07) is 0.645. The van der Waals surface area contributed by atoms with Crippen LogP contribution in [0.2, 0.25) is 0 Å². The van der Waals surface area contributed by atoms with Crippen molar-refractivity contribution in [2.24, 2.45) is 5.92 Å². The summed E-state index contributed by atoms with van der Waals surface area (Å²) in [4.78, 5) is 4.51. The van der Waals surface area contributed by atoms with Crippen LogP contribution in [0.3, 0.4) is 0 Å². The lowest BCUT2D eigenvalue weighted by molar-refractivity contribution is 0.404. The van der Waals surface area contributed by atoms with Gasteiger partial charge in [0.2, 0.25) is 0 Å². The van der Waals surface area contributed by atoms with Crippen LogP contribution in [0.25, 0.3) is 0 Å². The average molecular weight is 240 g/mol. The Morgan fingerprint density at radius 1 is 1.44 bits per heavy atom. The van der Waals surface area contributed by atoms with Crippen LogP contribution in [-0.2, 0) is 6.42 Å². The summed E-state index contributed by atoms with van der Waals surface area (Å²) in [7, 11) is 0. The van der Waals surface area contributed by atoms with E-state index in [0.29, 0.717) is 6.04 Å². The number of hydrogen-bond donors (Lipinski definition) is 1. The van der Waals surface area contributed by atoms with Crippen molar-refractivity contribution in [1.29, 1.82) is 0 Å². The molecular formula is C13H24N2S. The van der Waals surface area contributed by atoms with E-state index in [1.807, 2.05) is 0 Å².